The summed E-state index contributed by atoms with van der Waals surface area (Å²) in [5.74, 6) is -7.79. The van der Waals surface area contributed by atoms with Crippen molar-refractivity contribution in [1.82, 2.24) is 14.5 Å². The second-order valence-electron chi connectivity index (χ2n) is 9.97. The van der Waals surface area contributed by atoms with Gasteiger partial charge in [0.2, 0.25) is 11.7 Å². The molecule has 2 heterocycles. The Hall–Kier alpha value is -4.28. The summed E-state index contributed by atoms with van der Waals surface area (Å²) in [4.78, 5) is 29.0. The van der Waals surface area contributed by atoms with Gasteiger partial charge >= 0.3 is 18.3 Å². The molecule has 1 unspecified atom stereocenters. The molecule has 1 atom stereocenters. The van der Waals surface area contributed by atoms with E-state index in [0.29, 0.717) is 17.7 Å². The number of halogens is 9. The first kappa shape index (κ1) is 34.2. The minimum absolute atomic E-state index is 0.00343. The van der Waals surface area contributed by atoms with Gasteiger partial charge in [-0.3, -0.25) is 4.79 Å². The third-order valence-electron chi connectivity index (χ3n) is 6.52. The van der Waals surface area contributed by atoms with Crippen LogP contribution in [0.3, 0.4) is 0 Å². The first-order chi connectivity index (χ1) is 20.3. The van der Waals surface area contributed by atoms with Crippen LogP contribution in [0.4, 0.5) is 45.2 Å². The highest BCUT2D eigenvalue weighted by Crippen LogP contribution is 2.36. The number of hydrogen-bond donors (Lipinski definition) is 2. The predicted octanol–water partition coefficient (Wildman–Crippen LogP) is 4.99. The van der Waals surface area contributed by atoms with Gasteiger partial charge in [-0.2, -0.15) is 26.3 Å². The quantitative estimate of drug-likeness (QED) is 0.291. The largest absolute Gasteiger partial charge is 0.490 e. The van der Waals surface area contributed by atoms with Crippen LogP contribution in [0.15, 0.2) is 36.4 Å². The van der Waals surface area contributed by atoms with Gasteiger partial charge in [0.15, 0.2) is 11.6 Å². The van der Waals surface area contributed by atoms with Crippen molar-refractivity contribution in [3.8, 4) is 11.3 Å². The summed E-state index contributed by atoms with van der Waals surface area (Å²) in [7, 11) is 3.68. The molecule has 4 rings (SSSR count). The molecule has 1 aromatic heterocycles. The second kappa shape index (κ2) is 13.2. The molecular weight excluding hydrogens is 613 g/mol. The lowest BCUT2D eigenvalue weighted by molar-refractivity contribution is -0.192. The van der Waals surface area contributed by atoms with E-state index in [2.05, 4.69) is 4.98 Å². The Kier molecular flexibility index (Phi) is 10.2. The van der Waals surface area contributed by atoms with Crippen LogP contribution in [0.1, 0.15) is 23.5 Å². The summed E-state index contributed by atoms with van der Waals surface area (Å²) < 4.78 is 115. The van der Waals surface area contributed by atoms with Gasteiger partial charge in [-0.1, -0.05) is 12.1 Å². The van der Waals surface area contributed by atoms with Gasteiger partial charge in [0.1, 0.15) is 5.82 Å². The van der Waals surface area contributed by atoms with E-state index in [0.717, 1.165) is 10.3 Å². The lowest BCUT2D eigenvalue weighted by Gasteiger charge is -2.30. The molecule has 44 heavy (non-hydrogen) atoms. The maximum atomic E-state index is 14.0. The SMILES string of the molecule is CN(C)c1ccc(-c2nc(C(F)(F)F)n3c2CN(C(=O)CC(N)Cc2cc(F)c(F)cc2F)CC3)cc1.O=C(O)C(F)(F)F. The fourth-order valence-corrected chi connectivity index (χ4v) is 4.37. The maximum absolute atomic E-state index is 14.0. The summed E-state index contributed by atoms with van der Waals surface area (Å²) in [6, 6.07) is 7.06. The molecule has 0 fully saturated rings. The molecule has 1 aliphatic rings. The van der Waals surface area contributed by atoms with Gasteiger partial charge in [0.05, 0.1) is 17.9 Å². The molecule has 0 spiro atoms. The normalized spacial score (nSPS) is 14.0. The van der Waals surface area contributed by atoms with Crippen LogP contribution in [0, 0.1) is 17.5 Å². The van der Waals surface area contributed by atoms with Crippen molar-refractivity contribution < 1.29 is 54.2 Å². The van der Waals surface area contributed by atoms with Gasteiger partial charge in [-0.05, 0) is 30.2 Å². The number of aliphatic carboxylic acids is 1. The van der Waals surface area contributed by atoms with Crippen molar-refractivity contribution in [1.29, 1.82) is 0 Å². The summed E-state index contributed by atoms with van der Waals surface area (Å²) in [5.41, 5.74) is 7.52. The van der Waals surface area contributed by atoms with Gasteiger partial charge < -0.3 is 25.2 Å². The highest BCUT2D eigenvalue weighted by atomic mass is 19.4. The van der Waals surface area contributed by atoms with E-state index >= 15 is 0 Å². The summed E-state index contributed by atoms with van der Waals surface area (Å²) in [6.45, 7) is -0.249. The van der Waals surface area contributed by atoms with Gasteiger partial charge in [0, 0.05) is 57.0 Å². The molecule has 0 bridgehead atoms. The van der Waals surface area contributed by atoms with Crippen LogP contribution in [0.25, 0.3) is 11.3 Å². The number of alkyl halides is 6. The number of benzene rings is 2. The molecule has 17 heteroatoms. The highest BCUT2D eigenvalue weighted by molar-refractivity contribution is 5.77. The van der Waals surface area contributed by atoms with Crippen molar-refractivity contribution in [3.63, 3.8) is 0 Å². The Labute approximate surface area is 244 Å². The van der Waals surface area contributed by atoms with Crippen molar-refractivity contribution >= 4 is 17.6 Å². The Morgan fingerprint density at radius 2 is 1.55 bits per heavy atom. The minimum atomic E-state index is -5.08. The Bertz CT molecular complexity index is 1500. The maximum Gasteiger partial charge on any atom is 0.490 e. The summed E-state index contributed by atoms with van der Waals surface area (Å²) in [5, 5.41) is 7.12. The number of imidazole rings is 1. The zero-order chi connectivity index (χ0) is 33.1. The van der Waals surface area contributed by atoms with Gasteiger partial charge in [-0.15, -0.1) is 0 Å². The Morgan fingerprint density at radius 3 is 2.07 bits per heavy atom. The zero-order valence-corrected chi connectivity index (χ0v) is 23.1. The number of fused-ring (bicyclic) bond motifs is 1. The monoisotopic (exact) mass is 639 g/mol. The topological polar surface area (TPSA) is 105 Å². The van der Waals surface area contributed by atoms with Crippen LogP contribution >= 0.6 is 0 Å². The number of aromatic nitrogens is 2. The molecule has 0 saturated carbocycles. The minimum Gasteiger partial charge on any atom is -0.475 e. The highest BCUT2D eigenvalue weighted by Gasteiger charge is 2.41. The molecule has 3 aromatic rings. The average Bonchev–Trinajstić information content (AvgIpc) is 3.31. The number of carbonyl (C=O) groups excluding carboxylic acids is 1. The molecule has 2 aromatic carbocycles. The van der Waals surface area contributed by atoms with E-state index < -0.39 is 53.5 Å². The number of carboxylic acid groups (broad SMARTS) is 1. The van der Waals surface area contributed by atoms with Crippen molar-refractivity contribution in [2.24, 2.45) is 5.73 Å². The van der Waals surface area contributed by atoms with Gasteiger partial charge in [0.25, 0.3) is 0 Å². The summed E-state index contributed by atoms with van der Waals surface area (Å²) >= 11 is 0. The molecule has 3 N–H and O–H groups in total. The van der Waals surface area contributed by atoms with Crippen LogP contribution in [0.5, 0.6) is 0 Å². The second-order valence-corrected chi connectivity index (χ2v) is 9.97. The van der Waals surface area contributed by atoms with Crippen LogP contribution < -0.4 is 10.6 Å². The smallest absolute Gasteiger partial charge is 0.475 e. The lowest BCUT2D eigenvalue weighted by atomic mass is 10.0. The number of carboxylic acids is 1. The number of nitrogens with two attached hydrogens (primary N) is 1. The molecule has 0 radical (unpaired) electrons. The first-order valence-corrected chi connectivity index (χ1v) is 12.7. The molecule has 1 amide bonds. The number of nitrogens with zero attached hydrogens (tertiary/aromatic N) is 4. The van der Waals surface area contributed by atoms with Crippen molar-refractivity contribution in [2.75, 3.05) is 25.5 Å². The fourth-order valence-electron chi connectivity index (χ4n) is 4.37. The average molecular weight is 640 g/mol. The summed E-state index contributed by atoms with van der Waals surface area (Å²) in [6.07, 6.45) is -10.2. The van der Waals surface area contributed by atoms with Crippen LogP contribution in [-0.4, -0.2) is 64.3 Å². The Balaban J connectivity index is 0.000000676. The first-order valence-electron chi connectivity index (χ1n) is 12.7. The van der Waals surface area contributed by atoms with E-state index in [-0.39, 0.29) is 49.4 Å². The molecule has 0 saturated heterocycles. The van der Waals surface area contributed by atoms with Crippen LogP contribution in [0.2, 0.25) is 0 Å². The van der Waals surface area contributed by atoms with Crippen molar-refractivity contribution in [3.05, 3.63) is 70.9 Å². The number of hydrogen-bond acceptors (Lipinski definition) is 5. The van der Waals surface area contributed by atoms with E-state index in [1.54, 1.807) is 24.3 Å². The zero-order valence-electron chi connectivity index (χ0n) is 23.1. The van der Waals surface area contributed by atoms with Gasteiger partial charge in [-0.25, -0.2) is 22.9 Å². The third-order valence-corrected chi connectivity index (χ3v) is 6.52. The fraction of sp³-hybridized carbons (Fsp3) is 0.370. The lowest BCUT2D eigenvalue weighted by Crippen LogP contribution is -2.42. The van der Waals surface area contributed by atoms with E-state index in [9.17, 15) is 44.3 Å². The number of anilines is 1. The number of carbonyl (C=O) groups is 2. The molecule has 8 nitrogen and oxygen atoms in total. The molecular formula is C27H26F9N5O3. The van der Waals surface area contributed by atoms with Crippen LogP contribution in [-0.2, 0) is 35.3 Å². The number of rotatable bonds is 6. The molecule has 1 aliphatic heterocycles. The van der Waals surface area contributed by atoms with Crippen molar-refractivity contribution in [2.45, 2.75) is 44.3 Å². The number of amides is 1. The standard InChI is InChI=1S/C25H25F6N5O.C2HF3O2/c1-34(2)17-5-3-14(4-6-17)23-21-13-35(7-8-36(21)24(33-23)25(29,30)31)22(37)11-16(32)9-15-10-19(27)20(28)12-18(15)26;3-2(4,5)1(6)7/h3-6,10,12,16H,7-9,11,13,32H2,1-2H3;(H,6,7). The molecule has 0 aliphatic carbocycles. The third kappa shape index (κ3) is 8.21. The van der Waals surface area contributed by atoms with E-state index in [1.165, 1.54) is 4.90 Å². The van der Waals surface area contributed by atoms with E-state index in [1.807, 2.05) is 19.0 Å². The predicted molar refractivity (Wildman–Crippen MR) is 139 cm³/mol. The molecule has 240 valence electrons. The van der Waals surface area contributed by atoms with E-state index in [4.69, 9.17) is 15.6 Å². The Morgan fingerprint density at radius 1 is 0.977 bits per heavy atom.